The molecular weight excluding hydrogens is 326 g/mol. The van der Waals surface area contributed by atoms with Crippen LogP contribution in [0, 0.1) is 13.8 Å². The number of hydrogen-bond donors (Lipinski definition) is 1. The average Bonchev–Trinajstić information content (AvgIpc) is 3.17. The number of amides is 1. The van der Waals surface area contributed by atoms with E-state index < -0.39 is 0 Å². The summed E-state index contributed by atoms with van der Waals surface area (Å²) in [5.41, 5.74) is 4.92. The van der Waals surface area contributed by atoms with Crippen molar-refractivity contribution >= 4 is 5.91 Å². The Hall–Kier alpha value is -3.08. The summed E-state index contributed by atoms with van der Waals surface area (Å²) in [5, 5.41) is 7.36. The molecule has 26 heavy (non-hydrogen) atoms. The van der Waals surface area contributed by atoms with E-state index in [1.54, 1.807) is 10.9 Å². The van der Waals surface area contributed by atoms with Crippen molar-refractivity contribution in [2.24, 2.45) is 0 Å². The van der Waals surface area contributed by atoms with Crippen LogP contribution in [0.5, 0.6) is 5.75 Å². The molecule has 0 aliphatic carbocycles. The zero-order valence-corrected chi connectivity index (χ0v) is 14.9. The molecule has 2 heterocycles. The molecule has 1 amide bonds. The van der Waals surface area contributed by atoms with E-state index >= 15 is 0 Å². The number of aromatic nitrogens is 2. The Morgan fingerprint density at radius 2 is 2.04 bits per heavy atom. The fraction of sp³-hybridized carbons (Fsp3) is 0.238. The van der Waals surface area contributed by atoms with Gasteiger partial charge in [0.15, 0.2) is 0 Å². The Bertz CT molecular complexity index is 931. The number of aryl methyl sites for hydroxylation is 2. The summed E-state index contributed by atoms with van der Waals surface area (Å²) < 4.78 is 7.59. The number of carbonyl (C=O) groups excluding carboxylic acids is 1. The van der Waals surface area contributed by atoms with Gasteiger partial charge < -0.3 is 10.1 Å². The zero-order chi connectivity index (χ0) is 18.1. The molecule has 0 radical (unpaired) electrons. The van der Waals surface area contributed by atoms with Crippen molar-refractivity contribution in [1.29, 1.82) is 0 Å². The van der Waals surface area contributed by atoms with Gasteiger partial charge in [-0.2, -0.15) is 5.10 Å². The van der Waals surface area contributed by atoms with E-state index in [0.29, 0.717) is 12.2 Å². The van der Waals surface area contributed by atoms with Crippen LogP contribution in [-0.4, -0.2) is 22.3 Å². The van der Waals surface area contributed by atoms with Crippen molar-refractivity contribution < 1.29 is 9.53 Å². The predicted octanol–water partition coefficient (Wildman–Crippen LogP) is 3.74. The first-order valence-electron chi connectivity index (χ1n) is 8.77. The summed E-state index contributed by atoms with van der Waals surface area (Å²) in [7, 11) is 0. The number of rotatable bonds is 3. The lowest BCUT2D eigenvalue weighted by atomic mass is 9.95. The molecule has 1 aliphatic rings. The zero-order valence-electron chi connectivity index (χ0n) is 14.9. The van der Waals surface area contributed by atoms with Gasteiger partial charge in [-0.1, -0.05) is 17.7 Å². The standard InChI is InChI=1S/C21H21N3O2/c1-14-12-15(2)20-18(13-14)19(8-11-26-20)23-21(25)16-4-6-17(7-5-16)24-10-3-9-22-24/h3-7,9-10,12-13,19H,8,11H2,1-2H3,(H,23,25). The van der Waals surface area contributed by atoms with Gasteiger partial charge in [-0.15, -0.1) is 0 Å². The molecule has 5 nitrogen and oxygen atoms in total. The fourth-order valence-corrected chi connectivity index (χ4v) is 3.46. The molecule has 1 unspecified atom stereocenters. The van der Waals surface area contributed by atoms with Crippen LogP contribution in [0.1, 0.15) is 39.5 Å². The number of fused-ring (bicyclic) bond motifs is 1. The number of nitrogens with one attached hydrogen (secondary N) is 1. The Labute approximate surface area is 152 Å². The van der Waals surface area contributed by atoms with Crippen LogP contribution in [0.3, 0.4) is 0 Å². The van der Waals surface area contributed by atoms with Crippen LogP contribution < -0.4 is 10.1 Å². The lowest BCUT2D eigenvalue weighted by molar-refractivity contribution is 0.0924. The van der Waals surface area contributed by atoms with Crippen molar-refractivity contribution in [1.82, 2.24) is 15.1 Å². The highest BCUT2D eigenvalue weighted by Gasteiger charge is 2.25. The molecule has 3 aromatic rings. The molecule has 132 valence electrons. The molecule has 4 rings (SSSR count). The molecule has 2 aromatic carbocycles. The minimum absolute atomic E-state index is 0.0318. The summed E-state index contributed by atoms with van der Waals surface area (Å²) in [6, 6.07) is 13.5. The van der Waals surface area contributed by atoms with Gasteiger partial charge in [0, 0.05) is 29.9 Å². The minimum Gasteiger partial charge on any atom is -0.493 e. The van der Waals surface area contributed by atoms with Crippen LogP contribution in [0.25, 0.3) is 5.69 Å². The molecule has 1 aliphatic heterocycles. The van der Waals surface area contributed by atoms with Gasteiger partial charge in [0.1, 0.15) is 5.75 Å². The van der Waals surface area contributed by atoms with E-state index in [-0.39, 0.29) is 11.9 Å². The van der Waals surface area contributed by atoms with Crippen molar-refractivity contribution in [3.8, 4) is 11.4 Å². The number of nitrogens with zero attached hydrogens (tertiary/aromatic N) is 2. The van der Waals surface area contributed by atoms with E-state index in [9.17, 15) is 4.79 Å². The lowest BCUT2D eigenvalue weighted by Gasteiger charge is -2.28. The Morgan fingerprint density at radius 1 is 1.23 bits per heavy atom. The Morgan fingerprint density at radius 3 is 2.77 bits per heavy atom. The highest BCUT2D eigenvalue weighted by Crippen LogP contribution is 2.35. The van der Waals surface area contributed by atoms with E-state index in [1.807, 2.05) is 43.5 Å². The van der Waals surface area contributed by atoms with Crippen LogP contribution >= 0.6 is 0 Å². The third kappa shape index (κ3) is 3.08. The van der Waals surface area contributed by atoms with Gasteiger partial charge >= 0.3 is 0 Å². The Balaban J connectivity index is 1.54. The quantitative estimate of drug-likeness (QED) is 0.785. The summed E-state index contributed by atoms with van der Waals surface area (Å²) in [6.45, 7) is 4.72. The summed E-state index contributed by atoms with van der Waals surface area (Å²) >= 11 is 0. The van der Waals surface area contributed by atoms with Crippen molar-refractivity contribution in [2.75, 3.05) is 6.61 Å². The maximum atomic E-state index is 12.7. The maximum absolute atomic E-state index is 12.7. The van der Waals surface area contributed by atoms with Crippen LogP contribution in [0.2, 0.25) is 0 Å². The van der Waals surface area contributed by atoms with Crippen molar-refractivity contribution in [3.05, 3.63) is 77.1 Å². The first kappa shape index (κ1) is 16.4. The molecule has 5 heteroatoms. The monoisotopic (exact) mass is 347 g/mol. The molecule has 1 N–H and O–H groups in total. The van der Waals surface area contributed by atoms with Crippen molar-refractivity contribution in [3.63, 3.8) is 0 Å². The minimum atomic E-state index is -0.0750. The van der Waals surface area contributed by atoms with Gasteiger partial charge in [0.05, 0.1) is 18.3 Å². The van der Waals surface area contributed by atoms with Crippen LogP contribution in [0.15, 0.2) is 54.9 Å². The fourth-order valence-electron chi connectivity index (χ4n) is 3.46. The maximum Gasteiger partial charge on any atom is 0.251 e. The first-order valence-corrected chi connectivity index (χ1v) is 8.77. The molecule has 0 bridgehead atoms. The van der Waals surface area contributed by atoms with Gasteiger partial charge in [0.25, 0.3) is 5.91 Å². The van der Waals surface area contributed by atoms with Gasteiger partial charge in [-0.25, -0.2) is 4.68 Å². The normalized spacial score (nSPS) is 15.8. The molecule has 0 fully saturated rings. The van der Waals surface area contributed by atoms with Gasteiger partial charge in [-0.05, 0) is 49.7 Å². The molecular formula is C21H21N3O2. The molecule has 0 saturated heterocycles. The topological polar surface area (TPSA) is 56.2 Å². The lowest BCUT2D eigenvalue weighted by Crippen LogP contribution is -2.32. The van der Waals surface area contributed by atoms with Crippen molar-refractivity contribution in [2.45, 2.75) is 26.3 Å². The largest absolute Gasteiger partial charge is 0.493 e. The Kier molecular flexibility index (Phi) is 4.21. The number of carbonyl (C=O) groups is 1. The molecule has 1 atom stereocenters. The van der Waals surface area contributed by atoms with E-state index in [4.69, 9.17) is 4.74 Å². The summed E-state index contributed by atoms with van der Waals surface area (Å²) in [5.74, 6) is 0.829. The highest BCUT2D eigenvalue weighted by molar-refractivity contribution is 5.94. The number of benzene rings is 2. The molecule has 1 aromatic heterocycles. The van der Waals surface area contributed by atoms with Gasteiger partial charge in [0.2, 0.25) is 0 Å². The number of hydrogen-bond acceptors (Lipinski definition) is 3. The second-order valence-corrected chi connectivity index (χ2v) is 6.66. The van der Waals surface area contributed by atoms with E-state index in [0.717, 1.165) is 29.0 Å². The third-order valence-electron chi connectivity index (χ3n) is 4.68. The molecule has 0 spiro atoms. The highest BCUT2D eigenvalue weighted by atomic mass is 16.5. The summed E-state index contributed by atoms with van der Waals surface area (Å²) in [4.78, 5) is 12.7. The summed E-state index contributed by atoms with van der Waals surface area (Å²) in [6.07, 6.45) is 4.37. The second kappa shape index (κ2) is 6.67. The van der Waals surface area contributed by atoms with Crippen LogP contribution in [0.4, 0.5) is 0 Å². The first-order chi connectivity index (χ1) is 12.6. The van der Waals surface area contributed by atoms with E-state index in [1.165, 1.54) is 5.56 Å². The number of ether oxygens (including phenoxy) is 1. The average molecular weight is 347 g/mol. The second-order valence-electron chi connectivity index (χ2n) is 6.66. The molecule has 0 saturated carbocycles. The predicted molar refractivity (Wildman–Crippen MR) is 99.8 cm³/mol. The smallest absolute Gasteiger partial charge is 0.251 e. The van der Waals surface area contributed by atoms with E-state index in [2.05, 4.69) is 29.5 Å². The van der Waals surface area contributed by atoms with Crippen LogP contribution in [-0.2, 0) is 0 Å². The third-order valence-corrected chi connectivity index (χ3v) is 4.68. The van der Waals surface area contributed by atoms with Gasteiger partial charge in [-0.3, -0.25) is 4.79 Å². The SMILES string of the molecule is Cc1cc(C)c2c(c1)C(NC(=O)c1ccc(-n3cccn3)cc1)CCO2.